The summed E-state index contributed by atoms with van der Waals surface area (Å²) < 4.78 is 14.5. The molecule has 0 amide bonds. The Bertz CT molecular complexity index is 1590. The molecule has 2 aromatic heterocycles. The Morgan fingerprint density at radius 1 is 1.06 bits per heavy atom. The average molecular weight is 469 g/mol. The minimum atomic E-state index is -0.0682. The van der Waals surface area contributed by atoms with Crippen molar-refractivity contribution < 1.29 is 9.47 Å². The summed E-state index contributed by atoms with van der Waals surface area (Å²) in [4.78, 5) is 18.5. The normalized spacial score (nSPS) is 11.9. The molecule has 5 rings (SSSR count). The first-order chi connectivity index (χ1) is 16.7. The molecule has 0 spiro atoms. The molecule has 0 saturated carbocycles. The monoisotopic (exact) mass is 468 g/mol. The first-order valence-corrected chi connectivity index (χ1v) is 12.0. The van der Waals surface area contributed by atoms with E-state index in [0.29, 0.717) is 40.6 Å². The van der Waals surface area contributed by atoms with Gasteiger partial charge in [0, 0.05) is 5.56 Å². The molecule has 6 heteroatoms. The molecule has 0 radical (unpaired) electrons. The van der Waals surface area contributed by atoms with Gasteiger partial charge in [0.05, 0.1) is 22.2 Å². The van der Waals surface area contributed by atoms with Crippen LogP contribution in [0.15, 0.2) is 84.2 Å². The van der Waals surface area contributed by atoms with Crippen LogP contribution in [0.1, 0.15) is 23.6 Å². The molecule has 170 valence electrons. The predicted octanol–water partition coefficient (Wildman–Crippen LogP) is 5.16. The van der Waals surface area contributed by atoms with Gasteiger partial charge in [-0.15, -0.1) is 6.58 Å². The Morgan fingerprint density at radius 2 is 1.85 bits per heavy atom. The first kappa shape index (κ1) is 21.9. The molecule has 3 aromatic carbocycles. The third-order valence-electron chi connectivity index (χ3n) is 5.49. The number of aromatic nitrogens is 2. The minimum absolute atomic E-state index is 0.0682. The number of allylic oxidation sites excluding steroid dienone is 1. The van der Waals surface area contributed by atoms with E-state index >= 15 is 0 Å². The van der Waals surface area contributed by atoms with E-state index in [4.69, 9.17) is 9.47 Å². The van der Waals surface area contributed by atoms with E-state index < -0.39 is 0 Å². The molecule has 0 aliphatic carbocycles. The van der Waals surface area contributed by atoms with Crippen molar-refractivity contribution in [3.8, 4) is 11.5 Å². The van der Waals surface area contributed by atoms with Crippen LogP contribution < -0.4 is 19.6 Å². The highest BCUT2D eigenvalue weighted by Gasteiger charge is 2.15. The molecule has 0 aliphatic rings. The maximum atomic E-state index is 13.2. The number of imidazole rings is 1. The van der Waals surface area contributed by atoms with Gasteiger partial charge < -0.3 is 9.47 Å². The number of benzene rings is 3. The summed E-state index contributed by atoms with van der Waals surface area (Å²) >= 11 is 1.39. The largest absolute Gasteiger partial charge is 0.490 e. The van der Waals surface area contributed by atoms with E-state index in [1.807, 2.05) is 85.8 Å². The van der Waals surface area contributed by atoms with E-state index in [1.165, 1.54) is 11.3 Å². The zero-order valence-electron chi connectivity index (χ0n) is 18.9. The summed E-state index contributed by atoms with van der Waals surface area (Å²) in [7, 11) is 0. The molecule has 2 heterocycles. The number of rotatable bonds is 8. The van der Waals surface area contributed by atoms with Crippen molar-refractivity contribution in [1.29, 1.82) is 0 Å². The Kier molecular flexibility index (Phi) is 6.14. The Morgan fingerprint density at radius 3 is 2.65 bits per heavy atom. The summed E-state index contributed by atoms with van der Waals surface area (Å²) in [5, 5.41) is 0. The van der Waals surface area contributed by atoms with Crippen LogP contribution in [-0.4, -0.2) is 16.0 Å². The van der Waals surface area contributed by atoms with E-state index in [2.05, 4.69) is 11.6 Å². The summed E-state index contributed by atoms with van der Waals surface area (Å²) in [6, 6.07) is 21.7. The van der Waals surface area contributed by atoms with Gasteiger partial charge in [-0.3, -0.25) is 4.79 Å². The van der Waals surface area contributed by atoms with Gasteiger partial charge in [-0.05, 0) is 54.8 Å². The maximum absolute atomic E-state index is 13.2. The Hall–Kier alpha value is -3.90. The van der Waals surface area contributed by atoms with E-state index in [1.54, 1.807) is 4.40 Å². The van der Waals surface area contributed by atoms with Gasteiger partial charge in [0.25, 0.3) is 5.56 Å². The number of para-hydroxylation sites is 2. The lowest BCUT2D eigenvalue weighted by molar-refractivity contribution is 0.267. The number of nitrogens with zero attached hydrogens (tertiary/aromatic N) is 2. The SMILES string of the molecule is C=CCc1cc(/C=c2\sc3nc4ccccc4n3c2=O)cc(OCC)c1OCc1ccccc1. The van der Waals surface area contributed by atoms with Gasteiger partial charge in [0.2, 0.25) is 0 Å². The lowest BCUT2D eigenvalue weighted by Gasteiger charge is -2.17. The van der Waals surface area contributed by atoms with Crippen LogP contribution in [0.3, 0.4) is 0 Å². The lowest BCUT2D eigenvalue weighted by atomic mass is 10.1. The van der Waals surface area contributed by atoms with Gasteiger partial charge in [0.1, 0.15) is 6.61 Å². The first-order valence-electron chi connectivity index (χ1n) is 11.2. The van der Waals surface area contributed by atoms with Gasteiger partial charge in [-0.2, -0.15) is 0 Å². The number of ether oxygens (including phenoxy) is 2. The summed E-state index contributed by atoms with van der Waals surface area (Å²) in [6.07, 6.45) is 4.36. The zero-order valence-corrected chi connectivity index (χ0v) is 19.7. The van der Waals surface area contributed by atoms with Crippen molar-refractivity contribution in [1.82, 2.24) is 9.38 Å². The summed E-state index contributed by atoms with van der Waals surface area (Å²) in [5.74, 6) is 1.36. The molecule has 0 N–H and O–H groups in total. The topological polar surface area (TPSA) is 52.8 Å². The van der Waals surface area contributed by atoms with Crippen LogP contribution in [0.5, 0.6) is 11.5 Å². The Labute approximate surface area is 201 Å². The highest BCUT2D eigenvalue weighted by Crippen LogP contribution is 2.35. The second-order valence-electron chi connectivity index (χ2n) is 7.84. The van der Waals surface area contributed by atoms with Crippen molar-refractivity contribution in [3.05, 3.63) is 111 Å². The smallest absolute Gasteiger partial charge is 0.274 e. The summed E-state index contributed by atoms with van der Waals surface area (Å²) in [6.45, 7) is 6.79. The third kappa shape index (κ3) is 4.20. The highest BCUT2D eigenvalue weighted by atomic mass is 32.1. The van der Waals surface area contributed by atoms with Gasteiger partial charge in [0.15, 0.2) is 16.5 Å². The van der Waals surface area contributed by atoms with Crippen molar-refractivity contribution >= 4 is 33.4 Å². The van der Waals surface area contributed by atoms with Crippen LogP contribution in [-0.2, 0) is 13.0 Å². The number of hydrogen-bond donors (Lipinski definition) is 0. The molecule has 0 bridgehead atoms. The van der Waals surface area contributed by atoms with E-state index in [0.717, 1.165) is 27.7 Å². The molecular weight excluding hydrogens is 444 g/mol. The number of fused-ring (bicyclic) bond motifs is 3. The molecule has 5 aromatic rings. The molecule has 0 unspecified atom stereocenters. The molecule has 5 nitrogen and oxygen atoms in total. The molecule has 0 atom stereocenters. The molecule has 0 saturated heterocycles. The van der Waals surface area contributed by atoms with Crippen molar-refractivity contribution in [3.63, 3.8) is 0 Å². The van der Waals surface area contributed by atoms with Crippen LogP contribution in [0.4, 0.5) is 0 Å². The quantitative estimate of drug-likeness (QED) is 0.295. The van der Waals surface area contributed by atoms with Crippen LogP contribution in [0, 0.1) is 0 Å². The maximum Gasteiger partial charge on any atom is 0.274 e. The minimum Gasteiger partial charge on any atom is -0.490 e. The standard InChI is InChI=1S/C28H24N2O3S/c1-3-10-21-15-20(16-24(32-4-2)26(21)33-18-19-11-6-5-7-12-19)17-25-27(31)30-23-14-9-8-13-22(23)29-28(30)34-25/h3,5-9,11-17H,1,4,10,18H2,2H3/b25-17-. The molecule has 0 aliphatic heterocycles. The van der Waals surface area contributed by atoms with Crippen molar-refractivity contribution in [2.45, 2.75) is 20.0 Å². The third-order valence-corrected chi connectivity index (χ3v) is 6.46. The second kappa shape index (κ2) is 9.53. The van der Waals surface area contributed by atoms with Crippen LogP contribution >= 0.6 is 11.3 Å². The van der Waals surface area contributed by atoms with E-state index in [-0.39, 0.29) is 5.56 Å². The summed E-state index contributed by atoms with van der Waals surface area (Å²) in [5.41, 5.74) is 4.49. The van der Waals surface area contributed by atoms with Gasteiger partial charge in [-0.25, -0.2) is 9.38 Å². The highest BCUT2D eigenvalue weighted by molar-refractivity contribution is 7.15. The average Bonchev–Trinajstić information content (AvgIpc) is 3.35. The van der Waals surface area contributed by atoms with Crippen LogP contribution in [0.2, 0.25) is 0 Å². The van der Waals surface area contributed by atoms with E-state index in [9.17, 15) is 4.79 Å². The van der Waals surface area contributed by atoms with Crippen LogP contribution in [0.25, 0.3) is 22.1 Å². The zero-order chi connectivity index (χ0) is 23.5. The Balaban J connectivity index is 1.59. The fraction of sp³-hybridized carbons (Fsp3) is 0.143. The van der Waals surface area contributed by atoms with Gasteiger partial charge >= 0.3 is 0 Å². The predicted molar refractivity (Wildman–Crippen MR) is 138 cm³/mol. The number of thiazole rings is 1. The molecule has 34 heavy (non-hydrogen) atoms. The van der Waals surface area contributed by atoms with Crippen molar-refractivity contribution in [2.24, 2.45) is 0 Å². The number of hydrogen-bond acceptors (Lipinski definition) is 5. The van der Waals surface area contributed by atoms with Gasteiger partial charge in [-0.1, -0.05) is 59.9 Å². The molecular formula is C28H24N2O3S. The fourth-order valence-corrected chi connectivity index (χ4v) is 4.98. The molecule has 0 fully saturated rings. The fourth-order valence-electron chi connectivity index (χ4n) is 3.99. The van der Waals surface area contributed by atoms with Crippen molar-refractivity contribution in [2.75, 3.05) is 6.61 Å². The lowest BCUT2D eigenvalue weighted by Crippen LogP contribution is -2.22. The second-order valence-corrected chi connectivity index (χ2v) is 8.85.